The van der Waals surface area contributed by atoms with E-state index in [4.69, 9.17) is 10.2 Å². The van der Waals surface area contributed by atoms with Crippen LogP contribution in [-0.4, -0.2) is 21.2 Å². The van der Waals surface area contributed by atoms with E-state index in [1.807, 2.05) is 30.3 Å². The molecule has 0 atom stereocenters. The Bertz CT molecular complexity index is 497. The maximum absolute atomic E-state index is 10.3. The summed E-state index contributed by atoms with van der Waals surface area (Å²) in [4.78, 5) is 14.1. The van der Waals surface area contributed by atoms with E-state index in [9.17, 15) is 4.79 Å². The van der Waals surface area contributed by atoms with Crippen LogP contribution in [0, 0.1) is 6.92 Å². The van der Waals surface area contributed by atoms with Crippen molar-refractivity contribution in [1.29, 1.82) is 0 Å². The van der Waals surface area contributed by atoms with Crippen molar-refractivity contribution in [3.05, 3.63) is 65.5 Å². The highest BCUT2D eigenvalue weighted by atomic mass is 16.4. The van der Waals surface area contributed by atoms with Crippen molar-refractivity contribution in [3.8, 4) is 0 Å². The Labute approximate surface area is 106 Å². The number of carboxylic acids is 1. The first-order valence-electron chi connectivity index (χ1n) is 5.45. The Morgan fingerprint density at radius 2 is 1.78 bits per heavy atom. The molecule has 0 saturated heterocycles. The van der Waals surface area contributed by atoms with Crippen LogP contribution in [0.5, 0.6) is 0 Å². The molecule has 2 N–H and O–H groups in total. The number of aliphatic hydroxyl groups is 1. The summed E-state index contributed by atoms with van der Waals surface area (Å²) in [6.07, 6.45) is 0. The van der Waals surface area contributed by atoms with Gasteiger partial charge in [-0.15, -0.1) is 0 Å². The van der Waals surface area contributed by atoms with Crippen molar-refractivity contribution < 1.29 is 15.0 Å². The second kappa shape index (κ2) is 7.19. The molecule has 2 rings (SSSR count). The minimum absolute atomic E-state index is 0.0972. The van der Waals surface area contributed by atoms with Gasteiger partial charge in [0.2, 0.25) is 0 Å². The van der Waals surface area contributed by atoms with Crippen molar-refractivity contribution in [2.75, 3.05) is 0 Å². The fourth-order valence-corrected chi connectivity index (χ4v) is 1.25. The number of aromatic carboxylic acids is 1. The molecule has 0 fully saturated rings. The molecule has 0 radical (unpaired) electrons. The third-order valence-electron chi connectivity index (χ3n) is 2.13. The van der Waals surface area contributed by atoms with Crippen LogP contribution in [0.1, 0.15) is 21.7 Å². The number of aromatic nitrogens is 1. The van der Waals surface area contributed by atoms with Crippen LogP contribution < -0.4 is 0 Å². The summed E-state index contributed by atoms with van der Waals surface area (Å²) >= 11 is 0. The molecule has 4 nitrogen and oxygen atoms in total. The van der Waals surface area contributed by atoms with Gasteiger partial charge in [0, 0.05) is 5.69 Å². The van der Waals surface area contributed by atoms with Crippen LogP contribution in [0.2, 0.25) is 0 Å². The van der Waals surface area contributed by atoms with Crippen LogP contribution in [0.25, 0.3) is 0 Å². The van der Waals surface area contributed by atoms with E-state index >= 15 is 0 Å². The van der Waals surface area contributed by atoms with Gasteiger partial charge in [0.15, 0.2) is 0 Å². The van der Waals surface area contributed by atoms with E-state index in [-0.39, 0.29) is 12.3 Å². The van der Waals surface area contributed by atoms with Gasteiger partial charge in [0.05, 0.1) is 6.61 Å². The number of aryl methyl sites for hydroxylation is 1. The molecule has 2 aromatic rings. The molecule has 1 heterocycles. The Morgan fingerprint density at radius 3 is 2.17 bits per heavy atom. The first kappa shape index (κ1) is 13.9. The van der Waals surface area contributed by atoms with E-state index in [1.165, 1.54) is 6.07 Å². The number of benzene rings is 1. The number of hydrogen-bond donors (Lipinski definition) is 2. The van der Waals surface area contributed by atoms with Crippen molar-refractivity contribution in [1.82, 2.24) is 4.98 Å². The third kappa shape index (κ3) is 4.76. The summed E-state index contributed by atoms with van der Waals surface area (Å²) in [5.41, 5.74) is 1.78. The summed E-state index contributed by atoms with van der Waals surface area (Å²) in [5.74, 6) is -0.983. The Balaban J connectivity index is 0.000000184. The maximum Gasteiger partial charge on any atom is 0.354 e. The van der Waals surface area contributed by atoms with E-state index in [0.29, 0.717) is 0 Å². The molecule has 4 heteroatoms. The molecular formula is C14H15NO3. The normalized spacial score (nSPS) is 9.22. The Kier molecular flexibility index (Phi) is 5.54. The topological polar surface area (TPSA) is 70.4 Å². The van der Waals surface area contributed by atoms with Gasteiger partial charge in [-0.3, -0.25) is 0 Å². The van der Waals surface area contributed by atoms with Gasteiger partial charge in [-0.2, -0.15) is 0 Å². The van der Waals surface area contributed by atoms with Gasteiger partial charge in [-0.25, -0.2) is 9.78 Å². The van der Waals surface area contributed by atoms with Gasteiger partial charge >= 0.3 is 5.97 Å². The van der Waals surface area contributed by atoms with E-state index in [0.717, 1.165) is 11.3 Å². The summed E-state index contributed by atoms with van der Waals surface area (Å²) in [6, 6.07) is 14.4. The molecule has 0 aliphatic rings. The number of nitrogens with zero attached hydrogens (tertiary/aromatic N) is 1. The van der Waals surface area contributed by atoms with Crippen molar-refractivity contribution in [3.63, 3.8) is 0 Å². The van der Waals surface area contributed by atoms with Gasteiger partial charge in [0.25, 0.3) is 0 Å². The summed E-state index contributed by atoms with van der Waals surface area (Å²) in [5, 5.41) is 17.0. The monoisotopic (exact) mass is 245 g/mol. The highest BCUT2D eigenvalue weighted by Crippen LogP contribution is 1.96. The van der Waals surface area contributed by atoms with E-state index in [1.54, 1.807) is 19.1 Å². The molecule has 0 aliphatic heterocycles. The van der Waals surface area contributed by atoms with Gasteiger partial charge in [-0.05, 0) is 24.6 Å². The molecule has 94 valence electrons. The standard InChI is InChI=1S/C7H7NO2.C7H8O/c1-5-3-2-4-6(8-5)7(9)10;8-6-7-4-2-1-3-5-7/h2-4H,1H3,(H,9,10);1-5,8H,6H2. The van der Waals surface area contributed by atoms with Crippen LogP contribution in [-0.2, 0) is 6.61 Å². The zero-order chi connectivity index (χ0) is 13.4. The Hall–Kier alpha value is -2.20. The summed E-state index contributed by atoms with van der Waals surface area (Å²) < 4.78 is 0. The largest absolute Gasteiger partial charge is 0.477 e. The first-order chi connectivity index (χ1) is 8.63. The second-order valence-corrected chi connectivity index (χ2v) is 3.61. The number of carboxylic acid groups (broad SMARTS) is 1. The highest BCUT2D eigenvalue weighted by molar-refractivity contribution is 5.85. The minimum Gasteiger partial charge on any atom is -0.477 e. The first-order valence-corrected chi connectivity index (χ1v) is 5.45. The number of rotatable bonds is 2. The number of aliphatic hydroxyl groups excluding tert-OH is 1. The molecule has 18 heavy (non-hydrogen) atoms. The molecule has 0 unspecified atom stereocenters. The van der Waals surface area contributed by atoms with Crippen LogP contribution in [0.4, 0.5) is 0 Å². The molecule has 0 amide bonds. The minimum atomic E-state index is -0.983. The summed E-state index contributed by atoms with van der Waals surface area (Å²) in [7, 11) is 0. The van der Waals surface area contributed by atoms with E-state index in [2.05, 4.69) is 4.98 Å². The quantitative estimate of drug-likeness (QED) is 0.851. The van der Waals surface area contributed by atoms with Gasteiger partial charge < -0.3 is 10.2 Å². The number of carbonyl (C=O) groups is 1. The molecule has 1 aromatic carbocycles. The molecule has 0 bridgehead atoms. The third-order valence-corrected chi connectivity index (χ3v) is 2.13. The SMILES string of the molecule is Cc1cccc(C(=O)O)n1.OCc1ccccc1. The fourth-order valence-electron chi connectivity index (χ4n) is 1.25. The zero-order valence-corrected chi connectivity index (χ0v) is 10.1. The predicted molar refractivity (Wildman–Crippen MR) is 68.3 cm³/mol. The lowest BCUT2D eigenvalue weighted by Crippen LogP contribution is -1.99. The average Bonchev–Trinajstić information content (AvgIpc) is 2.40. The van der Waals surface area contributed by atoms with Crippen LogP contribution in [0.3, 0.4) is 0 Å². The second-order valence-electron chi connectivity index (χ2n) is 3.61. The van der Waals surface area contributed by atoms with Crippen molar-refractivity contribution in [2.24, 2.45) is 0 Å². The van der Waals surface area contributed by atoms with E-state index < -0.39 is 5.97 Å². The van der Waals surface area contributed by atoms with Crippen molar-refractivity contribution >= 4 is 5.97 Å². The zero-order valence-electron chi connectivity index (χ0n) is 10.1. The lowest BCUT2D eigenvalue weighted by molar-refractivity contribution is 0.0690. The lowest BCUT2D eigenvalue weighted by atomic mass is 10.2. The Morgan fingerprint density at radius 1 is 1.11 bits per heavy atom. The molecular weight excluding hydrogens is 230 g/mol. The lowest BCUT2D eigenvalue weighted by Gasteiger charge is -1.92. The van der Waals surface area contributed by atoms with Crippen LogP contribution >= 0.6 is 0 Å². The smallest absolute Gasteiger partial charge is 0.354 e. The van der Waals surface area contributed by atoms with Crippen LogP contribution in [0.15, 0.2) is 48.5 Å². The number of pyridine rings is 1. The van der Waals surface area contributed by atoms with Crippen molar-refractivity contribution in [2.45, 2.75) is 13.5 Å². The molecule has 1 aromatic heterocycles. The highest BCUT2D eigenvalue weighted by Gasteiger charge is 2.01. The average molecular weight is 245 g/mol. The molecule has 0 saturated carbocycles. The molecule has 0 aliphatic carbocycles. The maximum atomic E-state index is 10.3. The predicted octanol–water partition coefficient (Wildman–Crippen LogP) is 2.27. The fraction of sp³-hybridized carbons (Fsp3) is 0.143. The molecule has 0 spiro atoms. The van der Waals surface area contributed by atoms with Gasteiger partial charge in [0.1, 0.15) is 5.69 Å². The van der Waals surface area contributed by atoms with Gasteiger partial charge in [-0.1, -0.05) is 36.4 Å². The summed E-state index contributed by atoms with van der Waals surface area (Å²) in [6.45, 7) is 1.90. The number of hydrogen-bond acceptors (Lipinski definition) is 3.